The zero-order valence-corrected chi connectivity index (χ0v) is 14.0. The molecule has 0 spiro atoms. The molecule has 0 radical (unpaired) electrons. The van der Waals surface area contributed by atoms with Crippen LogP contribution in [0.1, 0.15) is 38.1 Å². The number of nitrogens with zero attached hydrogens (tertiary/aromatic N) is 2. The average molecular weight is 334 g/mol. The third-order valence-electron chi connectivity index (χ3n) is 3.12. The van der Waals surface area contributed by atoms with Gasteiger partial charge in [-0.1, -0.05) is 41.9 Å². The molecule has 1 aromatic heterocycles. The highest BCUT2D eigenvalue weighted by Crippen LogP contribution is 2.29. The minimum absolute atomic E-state index is 0.305. The Labute approximate surface area is 129 Å². The topological polar surface area (TPSA) is 37.8 Å². The van der Waals surface area contributed by atoms with Gasteiger partial charge in [-0.15, -0.1) is 0 Å². The summed E-state index contributed by atoms with van der Waals surface area (Å²) in [4.78, 5) is 9.39. The second kappa shape index (κ2) is 6.35. The molecule has 1 heterocycles. The van der Waals surface area contributed by atoms with E-state index < -0.39 is 0 Å². The smallest absolute Gasteiger partial charge is 0.133 e. The van der Waals surface area contributed by atoms with E-state index in [-0.39, 0.29) is 0 Å². The Morgan fingerprint density at radius 1 is 1.25 bits per heavy atom. The number of aromatic nitrogens is 2. The molecule has 0 unspecified atom stereocenters. The monoisotopic (exact) mass is 333 g/mol. The van der Waals surface area contributed by atoms with Crippen LogP contribution in [-0.4, -0.2) is 16.5 Å². The van der Waals surface area contributed by atoms with Gasteiger partial charge in [0.05, 0.1) is 5.69 Å². The SMILES string of the molecule is CCNc1nc(C(C)C)nc(-c2cccc(Br)c2)c1C. The normalized spacial score (nSPS) is 10.9. The Bertz CT molecular complexity index is 609. The van der Waals surface area contributed by atoms with Crippen LogP contribution in [0.2, 0.25) is 0 Å². The molecule has 0 aliphatic heterocycles. The molecular formula is C16H20BrN3. The lowest BCUT2D eigenvalue weighted by atomic mass is 10.1. The van der Waals surface area contributed by atoms with Crippen molar-refractivity contribution in [1.29, 1.82) is 0 Å². The highest BCUT2D eigenvalue weighted by Gasteiger charge is 2.14. The van der Waals surface area contributed by atoms with Crippen molar-refractivity contribution in [2.75, 3.05) is 11.9 Å². The van der Waals surface area contributed by atoms with Crippen molar-refractivity contribution in [2.45, 2.75) is 33.6 Å². The molecule has 1 N–H and O–H groups in total. The summed E-state index contributed by atoms with van der Waals surface area (Å²) in [6.45, 7) is 9.23. The van der Waals surface area contributed by atoms with E-state index in [1.165, 1.54) is 0 Å². The van der Waals surface area contributed by atoms with Gasteiger partial charge in [0.1, 0.15) is 11.6 Å². The van der Waals surface area contributed by atoms with Crippen LogP contribution in [0, 0.1) is 6.92 Å². The summed E-state index contributed by atoms with van der Waals surface area (Å²) in [6, 6.07) is 8.23. The molecule has 2 aromatic rings. The van der Waals surface area contributed by atoms with Crippen LogP contribution in [0.3, 0.4) is 0 Å². The van der Waals surface area contributed by atoms with Gasteiger partial charge in [-0.3, -0.25) is 0 Å². The fourth-order valence-electron chi connectivity index (χ4n) is 2.05. The number of anilines is 1. The second-order valence-electron chi connectivity index (χ2n) is 5.10. The summed E-state index contributed by atoms with van der Waals surface area (Å²) < 4.78 is 1.06. The number of nitrogens with one attached hydrogen (secondary N) is 1. The van der Waals surface area contributed by atoms with Gasteiger partial charge in [0.25, 0.3) is 0 Å². The summed E-state index contributed by atoms with van der Waals surface area (Å²) in [5.41, 5.74) is 3.20. The van der Waals surface area contributed by atoms with Crippen LogP contribution in [0.4, 0.5) is 5.82 Å². The number of hydrogen-bond donors (Lipinski definition) is 1. The minimum Gasteiger partial charge on any atom is -0.370 e. The summed E-state index contributed by atoms with van der Waals surface area (Å²) in [5.74, 6) is 2.11. The van der Waals surface area contributed by atoms with E-state index in [4.69, 9.17) is 4.98 Å². The van der Waals surface area contributed by atoms with E-state index in [9.17, 15) is 0 Å². The maximum Gasteiger partial charge on any atom is 0.133 e. The Balaban J connectivity index is 2.61. The summed E-state index contributed by atoms with van der Waals surface area (Å²) in [5, 5.41) is 3.33. The van der Waals surface area contributed by atoms with E-state index in [2.05, 4.69) is 66.1 Å². The zero-order chi connectivity index (χ0) is 14.7. The molecule has 1 aromatic carbocycles. The fraction of sp³-hybridized carbons (Fsp3) is 0.375. The lowest BCUT2D eigenvalue weighted by molar-refractivity contribution is 0.774. The third kappa shape index (κ3) is 3.18. The van der Waals surface area contributed by atoms with Crippen LogP contribution in [0.25, 0.3) is 11.3 Å². The first-order chi connectivity index (χ1) is 9.52. The van der Waals surface area contributed by atoms with Gasteiger partial charge in [-0.05, 0) is 26.0 Å². The third-order valence-corrected chi connectivity index (χ3v) is 3.62. The van der Waals surface area contributed by atoms with E-state index in [1.807, 2.05) is 12.1 Å². The number of rotatable bonds is 4. The van der Waals surface area contributed by atoms with Crippen molar-refractivity contribution in [3.05, 3.63) is 40.1 Å². The first-order valence-electron chi connectivity index (χ1n) is 6.91. The summed E-state index contributed by atoms with van der Waals surface area (Å²) in [7, 11) is 0. The molecule has 0 amide bonds. The first kappa shape index (κ1) is 15.0. The molecule has 3 nitrogen and oxygen atoms in total. The van der Waals surface area contributed by atoms with E-state index in [1.54, 1.807) is 0 Å². The molecule has 0 atom stereocenters. The lowest BCUT2D eigenvalue weighted by Crippen LogP contribution is -2.08. The number of hydrogen-bond acceptors (Lipinski definition) is 3. The van der Waals surface area contributed by atoms with Gasteiger partial charge >= 0.3 is 0 Å². The van der Waals surface area contributed by atoms with Crippen LogP contribution in [0.15, 0.2) is 28.7 Å². The molecule has 0 aliphatic carbocycles. The molecule has 0 aliphatic rings. The molecule has 106 valence electrons. The second-order valence-corrected chi connectivity index (χ2v) is 6.02. The average Bonchev–Trinajstić information content (AvgIpc) is 2.41. The maximum absolute atomic E-state index is 4.75. The summed E-state index contributed by atoms with van der Waals surface area (Å²) in [6.07, 6.45) is 0. The van der Waals surface area contributed by atoms with E-state index in [0.29, 0.717) is 5.92 Å². The van der Waals surface area contributed by atoms with Crippen molar-refractivity contribution in [3.8, 4) is 11.3 Å². The van der Waals surface area contributed by atoms with E-state index >= 15 is 0 Å². The van der Waals surface area contributed by atoms with Crippen molar-refractivity contribution < 1.29 is 0 Å². The molecule has 20 heavy (non-hydrogen) atoms. The zero-order valence-electron chi connectivity index (χ0n) is 12.4. The maximum atomic E-state index is 4.75. The molecule has 4 heteroatoms. The van der Waals surface area contributed by atoms with Crippen molar-refractivity contribution in [3.63, 3.8) is 0 Å². The highest BCUT2D eigenvalue weighted by atomic mass is 79.9. The van der Waals surface area contributed by atoms with Crippen molar-refractivity contribution >= 4 is 21.7 Å². The first-order valence-corrected chi connectivity index (χ1v) is 7.70. The summed E-state index contributed by atoms with van der Waals surface area (Å²) >= 11 is 3.52. The van der Waals surface area contributed by atoms with Gasteiger partial charge in [-0.2, -0.15) is 0 Å². The van der Waals surface area contributed by atoms with Gasteiger partial charge in [-0.25, -0.2) is 9.97 Å². The van der Waals surface area contributed by atoms with Crippen LogP contribution in [-0.2, 0) is 0 Å². The fourth-order valence-corrected chi connectivity index (χ4v) is 2.45. The van der Waals surface area contributed by atoms with Gasteiger partial charge in [0.15, 0.2) is 0 Å². The molecule has 0 saturated carbocycles. The largest absolute Gasteiger partial charge is 0.370 e. The molecule has 2 rings (SSSR count). The number of benzene rings is 1. The Kier molecular flexibility index (Phi) is 4.76. The van der Waals surface area contributed by atoms with Crippen LogP contribution >= 0.6 is 15.9 Å². The number of halogens is 1. The van der Waals surface area contributed by atoms with Gasteiger partial charge in [0, 0.05) is 28.1 Å². The predicted octanol–water partition coefficient (Wildman–Crippen LogP) is 4.77. The standard InChI is InChI=1S/C16H20BrN3/c1-5-18-16-11(4)14(19-15(20-16)10(2)3)12-7-6-8-13(17)9-12/h6-10H,5H2,1-4H3,(H,18,19,20). The lowest BCUT2D eigenvalue weighted by Gasteiger charge is -2.15. The molecule has 0 saturated heterocycles. The minimum atomic E-state index is 0.305. The highest BCUT2D eigenvalue weighted by molar-refractivity contribution is 9.10. The molecule has 0 bridgehead atoms. The Morgan fingerprint density at radius 3 is 2.60 bits per heavy atom. The molecule has 0 fully saturated rings. The Morgan fingerprint density at radius 2 is 2.00 bits per heavy atom. The predicted molar refractivity (Wildman–Crippen MR) is 88.2 cm³/mol. The van der Waals surface area contributed by atoms with Crippen molar-refractivity contribution in [2.24, 2.45) is 0 Å². The van der Waals surface area contributed by atoms with Crippen LogP contribution < -0.4 is 5.32 Å². The Hall–Kier alpha value is -1.42. The van der Waals surface area contributed by atoms with Gasteiger partial charge < -0.3 is 5.32 Å². The van der Waals surface area contributed by atoms with E-state index in [0.717, 1.165) is 39.5 Å². The van der Waals surface area contributed by atoms with Gasteiger partial charge in [0.2, 0.25) is 0 Å². The van der Waals surface area contributed by atoms with Crippen molar-refractivity contribution in [1.82, 2.24) is 9.97 Å². The quantitative estimate of drug-likeness (QED) is 0.875. The van der Waals surface area contributed by atoms with Crippen LogP contribution in [0.5, 0.6) is 0 Å². The molecular weight excluding hydrogens is 314 g/mol.